The van der Waals surface area contributed by atoms with Crippen LogP contribution in [0.1, 0.15) is 12.8 Å². The van der Waals surface area contributed by atoms with Crippen LogP contribution in [0.4, 0.5) is 0 Å². The van der Waals surface area contributed by atoms with E-state index in [1.165, 1.54) is 0 Å². The van der Waals surface area contributed by atoms with E-state index in [9.17, 15) is 13.8 Å². The number of nitrogens with two attached hydrogens (primary N) is 1. The van der Waals surface area contributed by atoms with Gasteiger partial charge in [0.25, 0.3) is 0 Å². The zero-order valence-electron chi connectivity index (χ0n) is 7.62. The standard InChI is InChI=1S/C7H13N3O3S/c8-10-7(12)6(11)9-5-1-3-14(13)4-2-5/h5H,1-4,8H2,(H,9,11)(H,10,12). The van der Waals surface area contributed by atoms with Gasteiger partial charge in [-0.1, -0.05) is 0 Å². The summed E-state index contributed by atoms with van der Waals surface area (Å²) in [5.41, 5.74) is 1.75. The van der Waals surface area contributed by atoms with Crippen molar-refractivity contribution in [2.75, 3.05) is 11.5 Å². The fraction of sp³-hybridized carbons (Fsp3) is 0.714. The summed E-state index contributed by atoms with van der Waals surface area (Å²) >= 11 is 0. The molecule has 0 aromatic rings. The Morgan fingerprint density at radius 1 is 1.21 bits per heavy atom. The van der Waals surface area contributed by atoms with Crippen LogP contribution in [0.25, 0.3) is 0 Å². The van der Waals surface area contributed by atoms with Crippen molar-refractivity contribution in [2.24, 2.45) is 5.84 Å². The van der Waals surface area contributed by atoms with Crippen LogP contribution in [-0.2, 0) is 20.4 Å². The highest BCUT2D eigenvalue weighted by Crippen LogP contribution is 2.08. The maximum atomic E-state index is 11.0. The lowest BCUT2D eigenvalue weighted by Crippen LogP contribution is -2.48. The molecule has 14 heavy (non-hydrogen) atoms. The molecule has 0 aromatic heterocycles. The quantitative estimate of drug-likeness (QED) is 0.205. The van der Waals surface area contributed by atoms with E-state index in [1.807, 2.05) is 0 Å². The predicted molar refractivity (Wildman–Crippen MR) is 51.4 cm³/mol. The minimum Gasteiger partial charge on any atom is -0.345 e. The van der Waals surface area contributed by atoms with E-state index in [0.29, 0.717) is 24.3 Å². The van der Waals surface area contributed by atoms with Gasteiger partial charge in [0, 0.05) is 28.3 Å². The summed E-state index contributed by atoms with van der Waals surface area (Å²) in [6.45, 7) is 0. The van der Waals surface area contributed by atoms with E-state index in [2.05, 4.69) is 5.32 Å². The monoisotopic (exact) mass is 219 g/mol. The second-order valence-corrected chi connectivity index (χ2v) is 4.77. The second-order valence-electron chi connectivity index (χ2n) is 3.07. The lowest BCUT2D eigenvalue weighted by atomic mass is 10.1. The Balaban J connectivity index is 2.34. The molecule has 1 fully saturated rings. The minimum atomic E-state index is -0.850. The average Bonchev–Trinajstić information content (AvgIpc) is 2.20. The summed E-state index contributed by atoms with van der Waals surface area (Å²) in [7, 11) is -0.765. The van der Waals surface area contributed by atoms with Crippen molar-refractivity contribution in [1.29, 1.82) is 0 Å². The van der Waals surface area contributed by atoms with E-state index >= 15 is 0 Å². The molecular weight excluding hydrogens is 206 g/mol. The average molecular weight is 219 g/mol. The van der Waals surface area contributed by atoms with E-state index < -0.39 is 22.6 Å². The Morgan fingerprint density at radius 2 is 1.79 bits per heavy atom. The van der Waals surface area contributed by atoms with Gasteiger partial charge < -0.3 is 5.32 Å². The molecule has 0 spiro atoms. The van der Waals surface area contributed by atoms with Crippen LogP contribution < -0.4 is 16.6 Å². The summed E-state index contributed by atoms with van der Waals surface area (Å²) < 4.78 is 11.0. The van der Waals surface area contributed by atoms with Crippen molar-refractivity contribution < 1.29 is 13.8 Å². The molecule has 1 saturated heterocycles. The summed E-state index contributed by atoms with van der Waals surface area (Å²) in [5.74, 6) is 4.37. The molecule has 1 rings (SSSR count). The van der Waals surface area contributed by atoms with Crippen molar-refractivity contribution in [3.8, 4) is 0 Å². The van der Waals surface area contributed by atoms with E-state index in [-0.39, 0.29) is 6.04 Å². The molecule has 7 heteroatoms. The maximum absolute atomic E-state index is 11.0. The number of rotatable bonds is 1. The smallest absolute Gasteiger partial charge is 0.323 e. The van der Waals surface area contributed by atoms with Crippen LogP contribution in [0.2, 0.25) is 0 Å². The normalized spacial score (nSPS) is 26.6. The van der Waals surface area contributed by atoms with Gasteiger partial charge in [-0.05, 0) is 12.8 Å². The predicted octanol–water partition coefficient (Wildman–Crippen LogP) is -2.00. The highest BCUT2D eigenvalue weighted by atomic mass is 32.2. The molecule has 0 aliphatic carbocycles. The van der Waals surface area contributed by atoms with E-state index in [4.69, 9.17) is 5.84 Å². The van der Waals surface area contributed by atoms with Crippen LogP contribution in [0, 0.1) is 0 Å². The van der Waals surface area contributed by atoms with Crippen molar-refractivity contribution in [3.63, 3.8) is 0 Å². The van der Waals surface area contributed by atoms with Gasteiger partial charge in [0.1, 0.15) is 0 Å². The van der Waals surface area contributed by atoms with Gasteiger partial charge in [-0.15, -0.1) is 0 Å². The largest absolute Gasteiger partial charge is 0.345 e. The van der Waals surface area contributed by atoms with Gasteiger partial charge in [-0.25, -0.2) is 5.84 Å². The summed E-state index contributed by atoms with van der Waals surface area (Å²) in [6, 6.07) is -0.0579. The zero-order valence-corrected chi connectivity index (χ0v) is 8.43. The molecule has 1 aliphatic heterocycles. The molecule has 0 bridgehead atoms. The van der Waals surface area contributed by atoms with Gasteiger partial charge in [0.2, 0.25) is 0 Å². The molecule has 0 aromatic carbocycles. The molecule has 0 radical (unpaired) electrons. The van der Waals surface area contributed by atoms with Crippen molar-refractivity contribution >= 4 is 22.6 Å². The van der Waals surface area contributed by atoms with Gasteiger partial charge in [-0.3, -0.25) is 19.2 Å². The Bertz CT molecular complexity index is 259. The highest BCUT2D eigenvalue weighted by Gasteiger charge is 2.21. The van der Waals surface area contributed by atoms with E-state index in [1.54, 1.807) is 5.43 Å². The first-order valence-corrected chi connectivity index (χ1v) is 5.78. The van der Waals surface area contributed by atoms with Crippen LogP contribution in [0.3, 0.4) is 0 Å². The molecule has 2 amide bonds. The maximum Gasteiger partial charge on any atom is 0.323 e. The molecule has 0 atom stereocenters. The third-order valence-corrected chi connectivity index (χ3v) is 3.44. The van der Waals surface area contributed by atoms with Crippen molar-refractivity contribution in [2.45, 2.75) is 18.9 Å². The Labute approximate surface area is 84.0 Å². The summed E-state index contributed by atoms with van der Waals surface area (Å²) in [6.07, 6.45) is 1.30. The number of nitrogens with one attached hydrogen (secondary N) is 2. The second kappa shape index (κ2) is 5.06. The zero-order chi connectivity index (χ0) is 10.6. The lowest BCUT2D eigenvalue weighted by molar-refractivity contribution is -0.139. The number of hydrogen-bond donors (Lipinski definition) is 3. The summed E-state index contributed by atoms with van der Waals surface area (Å²) in [4.78, 5) is 21.8. The van der Waals surface area contributed by atoms with Crippen LogP contribution in [0.15, 0.2) is 0 Å². The molecule has 1 heterocycles. The summed E-state index contributed by atoms with van der Waals surface area (Å²) in [5, 5.41) is 2.52. The molecule has 0 unspecified atom stereocenters. The van der Waals surface area contributed by atoms with Gasteiger partial charge >= 0.3 is 11.8 Å². The fourth-order valence-electron chi connectivity index (χ4n) is 1.25. The fourth-order valence-corrected chi connectivity index (χ4v) is 2.55. The molecule has 1 aliphatic rings. The molecular formula is C7H13N3O3S. The number of hydrazine groups is 1. The Morgan fingerprint density at radius 3 is 2.29 bits per heavy atom. The van der Waals surface area contributed by atoms with Gasteiger partial charge in [0.15, 0.2) is 0 Å². The van der Waals surface area contributed by atoms with Crippen LogP contribution >= 0.6 is 0 Å². The Hall–Kier alpha value is -0.950. The number of hydrogen-bond acceptors (Lipinski definition) is 4. The molecule has 0 saturated carbocycles. The van der Waals surface area contributed by atoms with Crippen LogP contribution in [0.5, 0.6) is 0 Å². The number of carbonyl (C=O) groups is 2. The first-order valence-electron chi connectivity index (χ1n) is 4.30. The first-order chi connectivity index (χ1) is 6.63. The number of amides is 2. The van der Waals surface area contributed by atoms with Crippen LogP contribution in [-0.4, -0.2) is 33.6 Å². The van der Waals surface area contributed by atoms with Crippen molar-refractivity contribution in [3.05, 3.63) is 0 Å². The van der Waals surface area contributed by atoms with Crippen molar-refractivity contribution in [1.82, 2.24) is 10.7 Å². The van der Waals surface area contributed by atoms with E-state index in [0.717, 1.165) is 0 Å². The SMILES string of the molecule is NNC(=O)C(=O)NC1CCS(=O)CC1. The lowest BCUT2D eigenvalue weighted by Gasteiger charge is -2.21. The molecule has 4 N–H and O–H groups in total. The van der Waals surface area contributed by atoms with Gasteiger partial charge in [0.05, 0.1) is 0 Å². The minimum absolute atomic E-state index is 0.0579. The molecule has 6 nitrogen and oxygen atoms in total. The first kappa shape index (κ1) is 11.1. The Kier molecular flexibility index (Phi) is 4.02. The third kappa shape index (κ3) is 3.08. The van der Waals surface area contributed by atoms with Gasteiger partial charge in [-0.2, -0.15) is 0 Å². The number of carbonyl (C=O) groups excluding carboxylic acids is 2. The highest BCUT2D eigenvalue weighted by molar-refractivity contribution is 7.85. The third-order valence-electron chi connectivity index (χ3n) is 2.06. The topological polar surface area (TPSA) is 101 Å². The molecule has 80 valence electrons.